The van der Waals surface area contributed by atoms with Crippen LogP contribution in [-0.4, -0.2) is 40.4 Å². The van der Waals surface area contributed by atoms with Crippen LogP contribution in [0.3, 0.4) is 0 Å². The fourth-order valence-electron chi connectivity index (χ4n) is 1.96. The van der Waals surface area contributed by atoms with Gasteiger partial charge in [-0.25, -0.2) is 9.67 Å². The van der Waals surface area contributed by atoms with Gasteiger partial charge in [0, 0.05) is 26.0 Å². The number of carbonyl (C=O) groups excluding carboxylic acids is 1. The van der Waals surface area contributed by atoms with Crippen LogP contribution in [0.5, 0.6) is 0 Å². The smallest absolute Gasteiger partial charge is 0.254 e. The van der Waals surface area contributed by atoms with Crippen LogP contribution in [0, 0.1) is 6.92 Å². The molecule has 0 saturated carbocycles. The minimum Gasteiger partial charge on any atom is -0.382 e. The Morgan fingerprint density at radius 1 is 1.43 bits per heavy atom. The van der Waals surface area contributed by atoms with Gasteiger partial charge >= 0.3 is 0 Å². The molecule has 6 heteroatoms. The van der Waals surface area contributed by atoms with Gasteiger partial charge in [-0.05, 0) is 32.4 Å². The van der Waals surface area contributed by atoms with Gasteiger partial charge in [-0.2, -0.15) is 5.10 Å². The zero-order valence-electron chi connectivity index (χ0n) is 12.4. The quantitative estimate of drug-likeness (QED) is 0.788. The van der Waals surface area contributed by atoms with Gasteiger partial charge in [-0.3, -0.25) is 4.79 Å². The molecule has 2 heterocycles. The van der Waals surface area contributed by atoms with Crippen molar-refractivity contribution in [1.82, 2.24) is 20.1 Å². The van der Waals surface area contributed by atoms with E-state index in [0.717, 1.165) is 12.1 Å². The molecule has 0 atom stereocenters. The fourth-order valence-corrected chi connectivity index (χ4v) is 1.96. The molecule has 112 valence electrons. The molecule has 0 bridgehead atoms. The number of pyridine rings is 1. The van der Waals surface area contributed by atoms with Gasteiger partial charge in [0.05, 0.1) is 17.5 Å². The number of nitrogens with one attached hydrogen (secondary N) is 1. The first-order valence-electron chi connectivity index (χ1n) is 7.06. The van der Waals surface area contributed by atoms with Crippen LogP contribution >= 0.6 is 0 Å². The summed E-state index contributed by atoms with van der Waals surface area (Å²) >= 11 is 0. The third-order valence-corrected chi connectivity index (χ3v) is 3.08. The van der Waals surface area contributed by atoms with Crippen LogP contribution < -0.4 is 5.32 Å². The highest BCUT2D eigenvalue weighted by Gasteiger charge is 2.14. The van der Waals surface area contributed by atoms with Crippen molar-refractivity contribution in [2.75, 3.05) is 19.8 Å². The lowest BCUT2D eigenvalue weighted by atomic mass is 10.2. The molecule has 6 nitrogen and oxygen atoms in total. The first-order chi connectivity index (χ1) is 10.2. The van der Waals surface area contributed by atoms with Gasteiger partial charge in [0.2, 0.25) is 0 Å². The fraction of sp³-hybridized carbons (Fsp3) is 0.400. The molecule has 2 aromatic rings. The number of hydrogen-bond donors (Lipinski definition) is 1. The minimum atomic E-state index is -0.119. The van der Waals surface area contributed by atoms with Gasteiger partial charge in [0.25, 0.3) is 5.91 Å². The molecular formula is C15H20N4O2. The first kappa shape index (κ1) is 15.2. The van der Waals surface area contributed by atoms with Crippen molar-refractivity contribution in [3.63, 3.8) is 0 Å². The van der Waals surface area contributed by atoms with Crippen LogP contribution in [0.15, 0.2) is 30.6 Å². The van der Waals surface area contributed by atoms with Gasteiger partial charge in [-0.1, -0.05) is 6.07 Å². The van der Waals surface area contributed by atoms with E-state index in [1.54, 1.807) is 17.1 Å². The number of nitrogens with zero attached hydrogens (tertiary/aromatic N) is 3. The van der Waals surface area contributed by atoms with Crippen molar-refractivity contribution < 1.29 is 9.53 Å². The van der Waals surface area contributed by atoms with E-state index >= 15 is 0 Å². The van der Waals surface area contributed by atoms with Gasteiger partial charge in [-0.15, -0.1) is 0 Å². The summed E-state index contributed by atoms with van der Waals surface area (Å²) in [5.74, 6) is 0.580. The Balaban J connectivity index is 1.98. The van der Waals surface area contributed by atoms with E-state index in [-0.39, 0.29) is 5.91 Å². The summed E-state index contributed by atoms with van der Waals surface area (Å²) in [7, 11) is 0. The molecule has 0 aromatic carbocycles. The lowest BCUT2D eigenvalue weighted by Gasteiger charge is -2.06. The predicted octanol–water partition coefficient (Wildman–Crippen LogP) is 1.73. The molecule has 0 spiro atoms. The second-order valence-corrected chi connectivity index (χ2v) is 4.55. The zero-order valence-corrected chi connectivity index (χ0v) is 12.4. The summed E-state index contributed by atoms with van der Waals surface area (Å²) in [6.45, 7) is 5.75. The molecule has 0 fully saturated rings. The highest BCUT2D eigenvalue weighted by Crippen LogP contribution is 2.11. The maximum Gasteiger partial charge on any atom is 0.254 e. The van der Waals surface area contributed by atoms with Gasteiger partial charge in [0.1, 0.15) is 0 Å². The van der Waals surface area contributed by atoms with E-state index in [4.69, 9.17) is 4.74 Å². The molecule has 2 aromatic heterocycles. The number of hydrogen-bond acceptors (Lipinski definition) is 4. The SMILES string of the molecule is CCOCCCNC(=O)c1cnn(-c2ccccn2)c1C. The van der Waals surface area contributed by atoms with E-state index < -0.39 is 0 Å². The van der Waals surface area contributed by atoms with Crippen LogP contribution in [0.1, 0.15) is 29.4 Å². The second-order valence-electron chi connectivity index (χ2n) is 4.55. The molecule has 0 unspecified atom stereocenters. The van der Waals surface area contributed by atoms with Crippen molar-refractivity contribution in [2.24, 2.45) is 0 Å². The maximum absolute atomic E-state index is 12.1. The standard InChI is InChI=1S/C15H20N4O2/c1-3-21-10-6-9-17-15(20)13-11-18-19(12(13)2)14-7-4-5-8-16-14/h4-5,7-8,11H,3,6,9-10H2,1-2H3,(H,17,20). The molecular weight excluding hydrogens is 268 g/mol. The van der Waals surface area contributed by atoms with Crippen molar-refractivity contribution in [3.8, 4) is 5.82 Å². The summed E-state index contributed by atoms with van der Waals surface area (Å²) in [6, 6.07) is 5.58. The molecule has 0 aliphatic heterocycles. The average Bonchev–Trinajstić information content (AvgIpc) is 2.89. The van der Waals surface area contributed by atoms with Crippen LogP contribution in [0.2, 0.25) is 0 Å². The minimum absolute atomic E-state index is 0.119. The number of carbonyl (C=O) groups is 1. The van der Waals surface area contributed by atoms with Crippen molar-refractivity contribution >= 4 is 5.91 Å². The Bertz CT molecular complexity index is 581. The average molecular weight is 288 g/mol. The van der Waals surface area contributed by atoms with E-state index in [9.17, 15) is 4.79 Å². The molecule has 2 rings (SSSR count). The van der Waals surface area contributed by atoms with Crippen molar-refractivity contribution in [1.29, 1.82) is 0 Å². The first-order valence-corrected chi connectivity index (χ1v) is 7.06. The molecule has 21 heavy (non-hydrogen) atoms. The Morgan fingerprint density at radius 3 is 3.00 bits per heavy atom. The van der Waals surface area contributed by atoms with Crippen LogP contribution in [0.25, 0.3) is 5.82 Å². The highest BCUT2D eigenvalue weighted by molar-refractivity contribution is 5.95. The summed E-state index contributed by atoms with van der Waals surface area (Å²) < 4.78 is 6.89. The van der Waals surface area contributed by atoms with E-state index in [1.807, 2.05) is 32.0 Å². The topological polar surface area (TPSA) is 69.0 Å². The summed E-state index contributed by atoms with van der Waals surface area (Å²) in [5, 5.41) is 7.10. The van der Waals surface area contributed by atoms with E-state index in [2.05, 4.69) is 15.4 Å². The van der Waals surface area contributed by atoms with Crippen molar-refractivity contribution in [3.05, 3.63) is 41.9 Å². The molecule has 0 radical (unpaired) electrons. The van der Waals surface area contributed by atoms with E-state index in [1.165, 1.54) is 0 Å². The summed E-state index contributed by atoms with van der Waals surface area (Å²) in [4.78, 5) is 16.3. The Hall–Kier alpha value is -2.21. The Morgan fingerprint density at radius 2 is 2.29 bits per heavy atom. The Labute approximate surface area is 124 Å². The summed E-state index contributed by atoms with van der Waals surface area (Å²) in [6.07, 6.45) is 4.07. The molecule has 0 saturated heterocycles. The maximum atomic E-state index is 12.1. The number of amides is 1. The lowest BCUT2D eigenvalue weighted by molar-refractivity contribution is 0.0943. The second kappa shape index (κ2) is 7.54. The van der Waals surface area contributed by atoms with Crippen LogP contribution in [-0.2, 0) is 4.74 Å². The van der Waals surface area contributed by atoms with Crippen LogP contribution in [0.4, 0.5) is 0 Å². The molecule has 1 N–H and O–H groups in total. The summed E-state index contributed by atoms with van der Waals surface area (Å²) in [5.41, 5.74) is 1.34. The van der Waals surface area contributed by atoms with Gasteiger partial charge < -0.3 is 10.1 Å². The number of ether oxygens (including phenoxy) is 1. The molecule has 0 aliphatic carbocycles. The molecule has 0 aliphatic rings. The molecule has 1 amide bonds. The highest BCUT2D eigenvalue weighted by atomic mass is 16.5. The van der Waals surface area contributed by atoms with Gasteiger partial charge in [0.15, 0.2) is 5.82 Å². The zero-order chi connectivity index (χ0) is 15.1. The lowest BCUT2D eigenvalue weighted by Crippen LogP contribution is -2.25. The largest absolute Gasteiger partial charge is 0.382 e. The predicted molar refractivity (Wildman–Crippen MR) is 79.5 cm³/mol. The Kier molecular flexibility index (Phi) is 5.45. The third-order valence-electron chi connectivity index (χ3n) is 3.08. The monoisotopic (exact) mass is 288 g/mol. The number of aromatic nitrogens is 3. The third kappa shape index (κ3) is 3.88. The number of rotatable bonds is 7. The van der Waals surface area contributed by atoms with Crippen molar-refractivity contribution in [2.45, 2.75) is 20.3 Å². The normalized spacial score (nSPS) is 10.6. The van der Waals surface area contributed by atoms with E-state index in [0.29, 0.717) is 31.1 Å².